The molecular formula is C16H13N3O. The molecule has 0 amide bonds. The van der Waals surface area contributed by atoms with E-state index >= 15 is 0 Å². The van der Waals surface area contributed by atoms with Crippen molar-refractivity contribution in [3.63, 3.8) is 0 Å². The average Bonchev–Trinajstić information content (AvgIpc) is 3.14. The highest BCUT2D eigenvalue weighted by molar-refractivity contribution is 5.60. The Morgan fingerprint density at radius 2 is 1.80 bits per heavy atom. The fourth-order valence-electron chi connectivity index (χ4n) is 2.59. The Morgan fingerprint density at radius 3 is 2.70 bits per heavy atom. The van der Waals surface area contributed by atoms with E-state index in [2.05, 4.69) is 27.6 Å². The quantitative estimate of drug-likeness (QED) is 0.770. The van der Waals surface area contributed by atoms with Crippen molar-refractivity contribution < 1.29 is 4.52 Å². The van der Waals surface area contributed by atoms with E-state index in [1.807, 2.05) is 42.5 Å². The molecule has 0 saturated heterocycles. The maximum absolute atomic E-state index is 5.46. The zero-order valence-electron chi connectivity index (χ0n) is 10.8. The monoisotopic (exact) mass is 263 g/mol. The van der Waals surface area contributed by atoms with E-state index in [1.165, 1.54) is 5.56 Å². The van der Waals surface area contributed by atoms with Gasteiger partial charge < -0.3 is 9.84 Å². The number of hydrogen-bond donors (Lipinski definition) is 1. The van der Waals surface area contributed by atoms with Gasteiger partial charge in [-0.25, -0.2) is 0 Å². The van der Waals surface area contributed by atoms with E-state index < -0.39 is 0 Å². The Morgan fingerprint density at radius 1 is 1.00 bits per heavy atom. The normalized spacial score (nSPS) is 16.7. The smallest absolute Gasteiger partial charge is 0.236 e. The number of nitrogens with zero attached hydrogens (tertiary/aromatic N) is 2. The van der Waals surface area contributed by atoms with Gasteiger partial charge in [0.25, 0.3) is 0 Å². The lowest BCUT2D eigenvalue weighted by atomic mass is 10.0. The molecule has 4 heteroatoms. The summed E-state index contributed by atoms with van der Waals surface area (Å²) in [5.74, 6) is 1.45. The summed E-state index contributed by atoms with van der Waals surface area (Å²) in [5, 5.41) is 7.46. The molecule has 0 saturated carbocycles. The SMILES string of the molecule is c1ccc(-c2noc(C3CNc4ccccc43)n2)cc1. The van der Waals surface area contributed by atoms with Gasteiger partial charge >= 0.3 is 0 Å². The summed E-state index contributed by atoms with van der Waals surface area (Å²) in [6, 6.07) is 18.1. The molecule has 1 unspecified atom stereocenters. The second kappa shape index (κ2) is 4.49. The molecule has 1 atom stereocenters. The molecular weight excluding hydrogens is 250 g/mol. The maximum atomic E-state index is 5.46. The van der Waals surface area contributed by atoms with Crippen molar-refractivity contribution in [2.24, 2.45) is 0 Å². The minimum absolute atomic E-state index is 0.135. The maximum Gasteiger partial charge on any atom is 0.236 e. The first-order valence-electron chi connectivity index (χ1n) is 6.63. The van der Waals surface area contributed by atoms with Crippen LogP contribution in [0.3, 0.4) is 0 Å². The second-order valence-electron chi connectivity index (χ2n) is 4.84. The predicted molar refractivity (Wildman–Crippen MR) is 76.5 cm³/mol. The summed E-state index contributed by atoms with van der Waals surface area (Å²) in [6.45, 7) is 0.801. The highest BCUT2D eigenvalue weighted by Crippen LogP contribution is 2.35. The molecule has 1 aliphatic heterocycles. The van der Waals surface area contributed by atoms with Crippen LogP contribution in [0.25, 0.3) is 11.4 Å². The molecule has 1 aliphatic rings. The van der Waals surface area contributed by atoms with Gasteiger partial charge in [0.1, 0.15) is 0 Å². The van der Waals surface area contributed by atoms with Crippen molar-refractivity contribution in [1.29, 1.82) is 0 Å². The van der Waals surface area contributed by atoms with Gasteiger partial charge in [0.05, 0.1) is 5.92 Å². The van der Waals surface area contributed by atoms with E-state index in [9.17, 15) is 0 Å². The lowest BCUT2D eigenvalue weighted by Gasteiger charge is -2.03. The van der Waals surface area contributed by atoms with Crippen LogP contribution in [-0.2, 0) is 0 Å². The van der Waals surface area contributed by atoms with E-state index in [0.29, 0.717) is 11.7 Å². The average molecular weight is 263 g/mol. The third-order valence-electron chi connectivity index (χ3n) is 3.60. The lowest BCUT2D eigenvalue weighted by Crippen LogP contribution is -2.04. The van der Waals surface area contributed by atoms with Gasteiger partial charge in [-0.1, -0.05) is 53.7 Å². The van der Waals surface area contributed by atoms with Gasteiger partial charge in [0, 0.05) is 17.8 Å². The van der Waals surface area contributed by atoms with Gasteiger partial charge in [0.2, 0.25) is 11.7 Å². The fraction of sp³-hybridized carbons (Fsp3) is 0.125. The van der Waals surface area contributed by atoms with E-state index in [0.717, 1.165) is 17.8 Å². The van der Waals surface area contributed by atoms with Crippen LogP contribution in [0, 0.1) is 0 Å². The van der Waals surface area contributed by atoms with Gasteiger partial charge in [0.15, 0.2) is 0 Å². The summed E-state index contributed by atoms with van der Waals surface area (Å²) >= 11 is 0. The number of anilines is 1. The Labute approximate surface area is 116 Å². The molecule has 1 aromatic heterocycles. The third-order valence-corrected chi connectivity index (χ3v) is 3.60. The topological polar surface area (TPSA) is 51.0 Å². The first-order valence-corrected chi connectivity index (χ1v) is 6.63. The van der Waals surface area contributed by atoms with Crippen molar-refractivity contribution in [2.45, 2.75) is 5.92 Å². The molecule has 3 aromatic rings. The first-order chi connectivity index (χ1) is 9.92. The molecule has 0 spiro atoms. The molecule has 0 aliphatic carbocycles. The summed E-state index contributed by atoms with van der Waals surface area (Å²) in [7, 11) is 0. The van der Waals surface area contributed by atoms with Crippen molar-refractivity contribution in [3.05, 3.63) is 66.1 Å². The Hall–Kier alpha value is -2.62. The number of nitrogens with one attached hydrogen (secondary N) is 1. The largest absolute Gasteiger partial charge is 0.384 e. The molecule has 4 nitrogen and oxygen atoms in total. The Balaban J connectivity index is 1.70. The minimum Gasteiger partial charge on any atom is -0.384 e. The zero-order valence-corrected chi connectivity index (χ0v) is 10.8. The van der Waals surface area contributed by atoms with E-state index in [-0.39, 0.29) is 5.92 Å². The van der Waals surface area contributed by atoms with Crippen LogP contribution in [0.15, 0.2) is 59.1 Å². The zero-order chi connectivity index (χ0) is 13.4. The highest BCUT2D eigenvalue weighted by atomic mass is 16.5. The van der Waals surface area contributed by atoms with Gasteiger partial charge in [-0.15, -0.1) is 0 Å². The number of hydrogen-bond acceptors (Lipinski definition) is 4. The number of fused-ring (bicyclic) bond motifs is 1. The van der Waals surface area contributed by atoms with Crippen LogP contribution >= 0.6 is 0 Å². The van der Waals surface area contributed by atoms with E-state index in [4.69, 9.17) is 4.52 Å². The predicted octanol–water partition coefficient (Wildman–Crippen LogP) is 3.29. The highest BCUT2D eigenvalue weighted by Gasteiger charge is 2.28. The van der Waals surface area contributed by atoms with Crippen molar-refractivity contribution >= 4 is 5.69 Å². The number of benzene rings is 2. The van der Waals surface area contributed by atoms with Crippen molar-refractivity contribution in [3.8, 4) is 11.4 Å². The Bertz CT molecular complexity index is 736. The molecule has 0 radical (unpaired) electrons. The summed E-state index contributed by atoms with van der Waals surface area (Å²) in [5.41, 5.74) is 3.34. The standard InChI is InChI=1S/C16H13N3O/c1-2-6-11(7-3-1)15-18-16(20-19-15)13-10-17-14-9-5-4-8-12(13)14/h1-9,13,17H,10H2. The van der Waals surface area contributed by atoms with Gasteiger partial charge in [-0.05, 0) is 11.6 Å². The van der Waals surface area contributed by atoms with Gasteiger partial charge in [-0.2, -0.15) is 4.98 Å². The van der Waals surface area contributed by atoms with E-state index in [1.54, 1.807) is 0 Å². The molecule has 0 bridgehead atoms. The number of para-hydroxylation sites is 1. The summed E-state index contributed by atoms with van der Waals surface area (Å²) < 4.78 is 5.46. The van der Waals surface area contributed by atoms with Crippen LogP contribution in [0.2, 0.25) is 0 Å². The van der Waals surface area contributed by atoms with Crippen LogP contribution in [-0.4, -0.2) is 16.7 Å². The summed E-state index contributed by atoms with van der Waals surface area (Å²) in [6.07, 6.45) is 0. The lowest BCUT2D eigenvalue weighted by molar-refractivity contribution is 0.371. The molecule has 1 N–H and O–H groups in total. The minimum atomic E-state index is 0.135. The third kappa shape index (κ3) is 1.77. The molecule has 0 fully saturated rings. The van der Waals surface area contributed by atoms with Crippen LogP contribution in [0.1, 0.15) is 17.4 Å². The molecule has 20 heavy (non-hydrogen) atoms. The van der Waals surface area contributed by atoms with Crippen LogP contribution < -0.4 is 5.32 Å². The summed E-state index contributed by atoms with van der Waals surface area (Å²) in [4.78, 5) is 4.54. The first kappa shape index (κ1) is 11.2. The molecule has 98 valence electrons. The second-order valence-corrected chi connectivity index (χ2v) is 4.84. The van der Waals surface area contributed by atoms with Crippen LogP contribution in [0.4, 0.5) is 5.69 Å². The fourth-order valence-corrected chi connectivity index (χ4v) is 2.59. The number of aromatic nitrogens is 2. The Kier molecular flexibility index (Phi) is 2.52. The molecule has 2 aromatic carbocycles. The van der Waals surface area contributed by atoms with Crippen LogP contribution in [0.5, 0.6) is 0 Å². The van der Waals surface area contributed by atoms with Crippen molar-refractivity contribution in [2.75, 3.05) is 11.9 Å². The molecule has 2 heterocycles. The van der Waals surface area contributed by atoms with Gasteiger partial charge in [-0.3, -0.25) is 0 Å². The van der Waals surface area contributed by atoms with Crippen molar-refractivity contribution in [1.82, 2.24) is 10.1 Å². The molecule has 4 rings (SSSR count). The number of rotatable bonds is 2.